The Morgan fingerprint density at radius 3 is 1.79 bits per heavy atom. The predicted molar refractivity (Wildman–Crippen MR) is 80.8 cm³/mol. The summed E-state index contributed by atoms with van der Waals surface area (Å²) in [6.45, 7) is 0. The predicted octanol–water partition coefficient (Wildman–Crippen LogP) is 4.78. The van der Waals surface area contributed by atoms with Crippen molar-refractivity contribution in [3.63, 3.8) is 0 Å². The van der Waals surface area contributed by atoms with E-state index in [0.29, 0.717) is 0 Å². The van der Waals surface area contributed by atoms with Gasteiger partial charge in [0.2, 0.25) is 0 Å². The highest BCUT2D eigenvalue weighted by Crippen LogP contribution is 2.31. The van der Waals surface area contributed by atoms with Crippen LogP contribution in [0, 0.1) is 0 Å². The number of aromatic nitrogens is 1. The average molecular weight is 248 g/mol. The van der Waals surface area contributed by atoms with E-state index in [-0.39, 0.29) is 35.9 Å². The van der Waals surface area contributed by atoms with Gasteiger partial charge in [0.1, 0.15) is 0 Å². The molecule has 0 unspecified atom stereocenters. The third kappa shape index (κ3) is 1.48. The topological polar surface area (TPSA) is 4.93 Å². The number of benzene rings is 3. The van der Waals surface area contributed by atoms with E-state index in [1.807, 2.05) is 48.5 Å². The Kier molecular flexibility index (Phi) is 1.38. The lowest BCUT2D eigenvalue weighted by molar-refractivity contribution is 1.18. The van der Waals surface area contributed by atoms with Gasteiger partial charge >= 0.3 is 0 Å². The second-order valence-corrected chi connectivity index (χ2v) is 4.34. The second kappa shape index (κ2) is 3.99. The smallest absolute Gasteiger partial charge is 0.0645 e. The highest BCUT2D eigenvalue weighted by atomic mass is 15.0. The molecule has 0 saturated carbocycles. The van der Waals surface area contributed by atoms with Crippen molar-refractivity contribution >= 4 is 21.8 Å². The van der Waals surface area contributed by atoms with Crippen molar-refractivity contribution in [1.29, 1.82) is 0 Å². The van der Waals surface area contributed by atoms with Crippen LogP contribution in [0.1, 0.15) is 6.85 Å². The van der Waals surface area contributed by atoms with Crippen LogP contribution in [-0.4, -0.2) is 4.57 Å². The Morgan fingerprint density at radius 1 is 0.684 bits per heavy atom. The molecule has 0 saturated heterocycles. The van der Waals surface area contributed by atoms with Gasteiger partial charge in [-0.25, -0.2) is 0 Å². The first-order chi connectivity index (χ1) is 11.5. The maximum absolute atomic E-state index is 8.27. The molecule has 4 rings (SSSR count). The van der Waals surface area contributed by atoms with Crippen LogP contribution < -0.4 is 0 Å². The molecule has 3 aromatic carbocycles. The van der Waals surface area contributed by atoms with Gasteiger partial charge in [-0.2, -0.15) is 0 Å². The Labute approximate surface area is 118 Å². The molecule has 0 aliphatic heterocycles. The molecule has 0 atom stereocenters. The van der Waals surface area contributed by atoms with Gasteiger partial charge in [0, 0.05) is 16.5 Å². The summed E-state index contributed by atoms with van der Waals surface area (Å²) >= 11 is 0. The molecule has 19 heavy (non-hydrogen) atoms. The lowest BCUT2D eigenvalue weighted by Crippen LogP contribution is -1.92. The lowest BCUT2D eigenvalue weighted by Gasteiger charge is -2.06. The van der Waals surface area contributed by atoms with Crippen LogP contribution in [0.25, 0.3) is 27.5 Å². The van der Waals surface area contributed by atoms with Crippen LogP contribution in [0.3, 0.4) is 0 Å². The molecule has 0 spiro atoms. The first-order valence-corrected chi connectivity index (χ1v) is 6.08. The second-order valence-electron chi connectivity index (χ2n) is 4.34. The van der Waals surface area contributed by atoms with Crippen molar-refractivity contribution in [2.75, 3.05) is 0 Å². The maximum Gasteiger partial charge on any atom is 0.0645 e. The fourth-order valence-corrected chi connectivity index (χ4v) is 2.52. The molecule has 90 valence electrons. The quantitative estimate of drug-likeness (QED) is 0.456. The number of nitrogens with zero attached hydrogens (tertiary/aromatic N) is 1. The van der Waals surface area contributed by atoms with E-state index in [9.17, 15) is 0 Å². The minimum Gasteiger partial charge on any atom is -0.309 e. The molecule has 0 radical (unpaired) electrons. The van der Waals surface area contributed by atoms with Crippen LogP contribution in [0.4, 0.5) is 0 Å². The third-order valence-electron chi connectivity index (χ3n) is 3.29. The van der Waals surface area contributed by atoms with Gasteiger partial charge in [0.15, 0.2) is 0 Å². The third-order valence-corrected chi connectivity index (χ3v) is 3.29. The standard InChI is InChI=1S/C18H13N/c1-2-8-14(9-3-1)19-17-12-6-4-10-15(17)16-11-5-7-13-18(16)19/h1-13H/i1D,2D,3D,8D,9D. The van der Waals surface area contributed by atoms with Gasteiger partial charge in [0.25, 0.3) is 0 Å². The fraction of sp³-hybridized carbons (Fsp3) is 0. The molecule has 0 amide bonds. The summed E-state index contributed by atoms with van der Waals surface area (Å²) in [5.74, 6) is 0. The molecule has 0 N–H and O–H groups in total. The summed E-state index contributed by atoms with van der Waals surface area (Å²) in [7, 11) is 0. The van der Waals surface area contributed by atoms with Crippen LogP contribution in [0.15, 0.2) is 78.7 Å². The highest BCUT2D eigenvalue weighted by molar-refractivity contribution is 6.09. The Bertz CT molecular complexity index is 1030. The van der Waals surface area contributed by atoms with Crippen molar-refractivity contribution in [3.8, 4) is 5.69 Å². The van der Waals surface area contributed by atoms with E-state index in [4.69, 9.17) is 6.85 Å². The lowest BCUT2D eigenvalue weighted by atomic mass is 10.2. The van der Waals surface area contributed by atoms with E-state index in [2.05, 4.69) is 0 Å². The first kappa shape index (κ1) is 6.58. The van der Waals surface area contributed by atoms with Gasteiger partial charge in [-0.15, -0.1) is 0 Å². The van der Waals surface area contributed by atoms with Crippen molar-refractivity contribution in [1.82, 2.24) is 4.57 Å². The van der Waals surface area contributed by atoms with Crippen molar-refractivity contribution in [2.45, 2.75) is 0 Å². The number of hydrogen-bond donors (Lipinski definition) is 0. The van der Waals surface area contributed by atoms with Crippen LogP contribution >= 0.6 is 0 Å². The van der Waals surface area contributed by atoms with Crippen molar-refractivity contribution < 1.29 is 6.85 Å². The normalized spacial score (nSPS) is 14.8. The molecular weight excluding hydrogens is 230 g/mol. The number of fused-ring (bicyclic) bond motifs is 3. The Balaban J connectivity index is 2.26. The first-order valence-electron chi connectivity index (χ1n) is 8.58. The highest BCUT2D eigenvalue weighted by Gasteiger charge is 2.10. The van der Waals surface area contributed by atoms with E-state index < -0.39 is 0 Å². The summed E-state index contributed by atoms with van der Waals surface area (Å²) in [6, 6.07) is 13.9. The monoisotopic (exact) mass is 248 g/mol. The Morgan fingerprint density at radius 2 is 1.21 bits per heavy atom. The molecule has 0 bridgehead atoms. The number of rotatable bonds is 1. The van der Waals surface area contributed by atoms with Gasteiger partial charge in [-0.1, -0.05) is 54.5 Å². The van der Waals surface area contributed by atoms with E-state index >= 15 is 0 Å². The molecule has 1 heteroatoms. The molecule has 0 aliphatic rings. The summed E-state index contributed by atoms with van der Waals surface area (Å²) in [6.07, 6.45) is 0. The minimum atomic E-state index is -0.380. The van der Waals surface area contributed by atoms with E-state index in [1.165, 1.54) is 0 Å². The average Bonchev–Trinajstić information content (AvgIpc) is 2.94. The van der Waals surface area contributed by atoms with Crippen LogP contribution in [0.2, 0.25) is 0 Å². The molecule has 4 aromatic rings. The maximum atomic E-state index is 8.27. The Hall–Kier alpha value is -2.54. The van der Waals surface area contributed by atoms with E-state index in [0.717, 1.165) is 21.8 Å². The van der Waals surface area contributed by atoms with E-state index in [1.54, 1.807) is 4.57 Å². The molecule has 1 aromatic heterocycles. The summed E-state index contributed by atoms with van der Waals surface area (Å²) in [5, 5.41) is 1.97. The fourth-order valence-electron chi connectivity index (χ4n) is 2.52. The summed E-state index contributed by atoms with van der Waals surface area (Å²) in [5.41, 5.74) is 1.81. The largest absolute Gasteiger partial charge is 0.309 e. The molecular formula is C18H13N. The zero-order chi connectivity index (χ0) is 17.0. The van der Waals surface area contributed by atoms with Gasteiger partial charge in [0.05, 0.1) is 17.9 Å². The van der Waals surface area contributed by atoms with Gasteiger partial charge < -0.3 is 4.57 Å². The zero-order valence-corrected chi connectivity index (χ0v) is 10.1. The van der Waals surface area contributed by atoms with Crippen molar-refractivity contribution in [2.24, 2.45) is 0 Å². The van der Waals surface area contributed by atoms with Crippen LogP contribution in [-0.2, 0) is 0 Å². The minimum absolute atomic E-state index is 0.179. The number of para-hydroxylation sites is 3. The molecule has 1 nitrogen and oxygen atoms in total. The molecule has 1 heterocycles. The number of hydrogen-bond acceptors (Lipinski definition) is 0. The van der Waals surface area contributed by atoms with Gasteiger partial charge in [-0.05, 0) is 24.2 Å². The molecule has 0 fully saturated rings. The summed E-state index contributed by atoms with van der Waals surface area (Å²) < 4.78 is 41.9. The van der Waals surface area contributed by atoms with Gasteiger partial charge in [-0.3, -0.25) is 0 Å². The molecule has 0 aliphatic carbocycles. The van der Waals surface area contributed by atoms with Crippen LogP contribution in [0.5, 0.6) is 0 Å². The SMILES string of the molecule is [2H]c1c([2H])c([2H])c(-n2c3ccccc3c3ccccc32)c([2H])c1[2H]. The van der Waals surface area contributed by atoms with Crippen molar-refractivity contribution in [3.05, 3.63) is 78.7 Å². The summed E-state index contributed by atoms with van der Waals surface area (Å²) in [4.78, 5) is 0. The zero-order valence-electron chi connectivity index (χ0n) is 15.1.